The van der Waals surface area contributed by atoms with Crippen molar-refractivity contribution in [3.63, 3.8) is 0 Å². The van der Waals surface area contributed by atoms with Crippen LogP contribution in [0.2, 0.25) is 0 Å². The molecular formula is C14H25N3O2S2. The molecule has 0 atom stereocenters. The Morgan fingerprint density at radius 2 is 1.90 bits per heavy atom. The summed E-state index contributed by atoms with van der Waals surface area (Å²) >= 11 is 1.57. The third-order valence-electron chi connectivity index (χ3n) is 3.87. The highest BCUT2D eigenvalue weighted by molar-refractivity contribution is 7.89. The molecule has 0 aromatic carbocycles. The predicted molar refractivity (Wildman–Crippen MR) is 87.3 cm³/mol. The zero-order valence-electron chi connectivity index (χ0n) is 13.1. The van der Waals surface area contributed by atoms with Crippen LogP contribution in [0, 0.1) is 6.92 Å². The van der Waals surface area contributed by atoms with E-state index in [0.29, 0.717) is 18.0 Å². The van der Waals surface area contributed by atoms with E-state index in [1.807, 2.05) is 19.9 Å². The normalized spacial score (nSPS) is 18.2. The maximum Gasteiger partial charge on any atom is 0.244 e. The molecule has 0 aliphatic carbocycles. The topological polar surface area (TPSA) is 52.7 Å². The van der Waals surface area contributed by atoms with Crippen molar-refractivity contribution in [3.8, 4) is 0 Å². The molecule has 0 saturated carbocycles. The van der Waals surface area contributed by atoms with Crippen molar-refractivity contribution < 1.29 is 8.42 Å². The number of nitrogens with one attached hydrogen (secondary N) is 1. The molecular weight excluding hydrogens is 306 g/mol. The molecule has 0 unspecified atom stereocenters. The Bertz CT molecular complexity index is 561. The summed E-state index contributed by atoms with van der Waals surface area (Å²) in [4.78, 5) is 4.75. The lowest BCUT2D eigenvalue weighted by atomic mass is 10.4. The summed E-state index contributed by atoms with van der Waals surface area (Å²) in [6, 6.07) is 1.84. The van der Waals surface area contributed by atoms with Gasteiger partial charge >= 0.3 is 0 Å². The van der Waals surface area contributed by atoms with E-state index < -0.39 is 10.0 Å². The van der Waals surface area contributed by atoms with E-state index in [2.05, 4.69) is 17.1 Å². The van der Waals surface area contributed by atoms with Crippen LogP contribution in [-0.4, -0.2) is 56.9 Å². The molecule has 120 valence electrons. The molecule has 0 bridgehead atoms. The summed E-state index contributed by atoms with van der Waals surface area (Å²) in [7, 11) is -3.34. The van der Waals surface area contributed by atoms with Crippen LogP contribution in [0.1, 0.15) is 23.6 Å². The molecule has 1 saturated heterocycles. The summed E-state index contributed by atoms with van der Waals surface area (Å²) in [6.07, 6.45) is 0. The first-order valence-corrected chi connectivity index (χ1v) is 9.77. The van der Waals surface area contributed by atoms with Gasteiger partial charge in [0.1, 0.15) is 0 Å². The molecule has 2 rings (SSSR count). The highest BCUT2D eigenvalue weighted by Crippen LogP contribution is 2.28. The standard InChI is InChI=1S/C14H25N3O2S2/c1-4-15-11-13-10-14(12(3)20-13)21(18,19)17-8-6-16(5-2)7-9-17/h10,15H,4-9,11H2,1-3H3. The molecule has 7 heteroatoms. The van der Waals surface area contributed by atoms with Gasteiger partial charge in [-0.15, -0.1) is 11.3 Å². The van der Waals surface area contributed by atoms with Gasteiger partial charge in [0.25, 0.3) is 0 Å². The average Bonchev–Trinajstić information content (AvgIpc) is 2.87. The summed E-state index contributed by atoms with van der Waals surface area (Å²) < 4.78 is 27.2. The van der Waals surface area contributed by atoms with Crippen LogP contribution in [-0.2, 0) is 16.6 Å². The fourth-order valence-electron chi connectivity index (χ4n) is 2.54. The van der Waals surface area contributed by atoms with E-state index in [1.165, 1.54) is 0 Å². The summed E-state index contributed by atoms with van der Waals surface area (Å²) in [5, 5.41) is 3.24. The molecule has 1 N–H and O–H groups in total. The molecule has 1 fully saturated rings. The van der Waals surface area contributed by atoms with E-state index in [-0.39, 0.29) is 0 Å². The van der Waals surface area contributed by atoms with Gasteiger partial charge in [0.15, 0.2) is 0 Å². The second-order valence-corrected chi connectivity index (χ2v) is 8.50. The smallest absolute Gasteiger partial charge is 0.244 e. The van der Waals surface area contributed by atoms with Crippen molar-refractivity contribution in [3.05, 3.63) is 15.8 Å². The van der Waals surface area contributed by atoms with Gasteiger partial charge in [-0.3, -0.25) is 0 Å². The van der Waals surface area contributed by atoms with E-state index in [1.54, 1.807) is 15.6 Å². The number of sulfonamides is 1. The van der Waals surface area contributed by atoms with Gasteiger partial charge in [-0.2, -0.15) is 4.31 Å². The average molecular weight is 332 g/mol. The van der Waals surface area contributed by atoms with E-state index in [9.17, 15) is 8.42 Å². The van der Waals surface area contributed by atoms with Crippen molar-refractivity contribution in [1.29, 1.82) is 0 Å². The van der Waals surface area contributed by atoms with Crippen molar-refractivity contribution in [1.82, 2.24) is 14.5 Å². The Morgan fingerprint density at radius 1 is 1.24 bits per heavy atom. The van der Waals surface area contributed by atoms with Gasteiger partial charge < -0.3 is 10.2 Å². The summed E-state index contributed by atoms with van der Waals surface area (Å²) in [5.74, 6) is 0. The SMILES string of the molecule is CCNCc1cc(S(=O)(=O)N2CCN(CC)CC2)c(C)s1. The van der Waals surface area contributed by atoms with Crippen LogP contribution in [0.3, 0.4) is 0 Å². The summed E-state index contributed by atoms with van der Waals surface area (Å²) in [5.41, 5.74) is 0. The Balaban J connectivity index is 2.14. The Morgan fingerprint density at radius 3 is 2.48 bits per heavy atom. The zero-order chi connectivity index (χ0) is 15.5. The minimum atomic E-state index is -3.34. The number of piperazine rings is 1. The lowest BCUT2D eigenvalue weighted by Gasteiger charge is -2.33. The van der Waals surface area contributed by atoms with Gasteiger partial charge in [0, 0.05) is 42.5 Å². The van der Waals surface area contributed by atoms with Crippen LogP contribution in [0.4, 0.5) is 0 Å². The van der Waals surface area contributed by atoms with Gasteiger partial charge in [-0.25, -0.2) is 8.42 Å². The van der Waals surface area contributed by atoms with Crippen molar-refractivity contribution in [2.24, 2.45) is 0 Å². The maximum absolute atomic E-state index is 12.8. The number of likely N-dealkylation sites (N-methyl/N-ethyl adjacent to an activating group) is 1. The minimum absolute atomic E-state index is 0.491. The van der Waals surface area contributed by atoms with Gasteiger partial charge in [0.2, 0.25) is 10.0 Å². The number of thiophene rings is 1. The highest BCUT2D eigenvalue weighted by Gasteiger charge is 2.30. The number of rotatable bonds is 6. The minimum Gasteiger partial charge on any atom is -0.312 e. The van der Waals surface area contributed by atoms with E-state index >= 15 is 0 Å². The quantitative estimate of drug-likeness (QED) is 0.858. The van der Waals surface area contributed by atoms with Crippen molar-refractivity contribution in [2.75, 3.05) is 39.3 Å². The number of hydrogen-bond donors (Lipinski definition) is 1. The number of hydrogen-bond acceptors (Lipinski definition) is 5. The van der Waals surface area contributed by atoms with Crippen LogP contribution in [0.5, 0.6) is 0 Å². The number of aryl methyl sites for hydroxylation is 1. The second-order valence-electron chi connectivity index (χ2n) is 5.25. The van der Waals surface area contributed by atoms with Gasteiger partial charge in [-0.05, 0) is 26.1 Å². The molecule has 2 heterocycles. The molecule has 0 spiro atoms. The fourth-order valence-corrected chi connectivity index (χ4v) is 5.54. The monoisotopic (exact) mass is 331 g/mol. The van der Waals surface area contributed by atoms with Crippen LogP contribution in [0.15, 0.2) is 11.0 Å². The molecule has 1 aromatic heterocycles. The van der Waals surface area contributed by atoms with Crippen LogP contribution < -0.4 is 5.32 Å². The molecule has 5 nitrogen and oxygen atoms in total. The third kappa shape index (κ3) is 3.84. The molecule has 1 aliphatic rings. The third-order valence-corrected chi connectivity index (χ3v) is 7.07. The molecule has 1 aliphatic heterocycles. The first-order valence-electron chi connectivity index (χ1n) is 7.51. The van der Waals surface area contributed by atoms with Crippen LogP contribution in [0.25, 0.3) is 0 Å². The lowest BCUT2D eigenvalue weighted by molar-refractivity contribution is 0.196. The predicted octanol–water partition coefficient (Wildman–Crippen LogP) is 1.49. The second kappa shape index (κ2) is 7.19. The van der Waals surface area contributed by atoms with Crippen molar-refractivity contribution in [2.45, 2.75) is 32.2 Å². The molecule has 0 radical (unpaired) electrons. The van der Waals surface area contributed by atoms with Crippen molar-refractivity contribution >= 4 is 21.4 Å². The lowest BCUT2D eigenvalue weighted by Crippen LogP contribution is -2.48. The molecule has 0 amide bonds. The fraction of sp³-hybridized carbons (Fsp3) is 0.714. The summed E-state index contributed by atoms with van der Waals surface area (Å²) in [6.45, 7) is 11.5. The van der Waals surface area contributed by atoms with Gasteiger partial charge in [-0.1, -0.05) is 13.8 Å². The van der Waals surface area contributed by atoms with Crippen LogP contribution >= 0.6 is 11.3 Å². The zero-order valence-corrected chi connectivity index (χ0v) is 14.7. The largest absolute Gasteiger partial charge is 0.312 e. The first-order chi connectivity index (χ1) is 9.98. The number of nitrogens with zero attached hydrogens (tertiary/aromatic N) is 2. The Kier molecular flexibility index (Phi) is 5.79. The van der Waals surface area contributed by atoms with E-state index in [0.717, 1.165) is 42.5 Å². The highest BCUT2D eigenvalue weighted by atomic mass is 32.2. The Labute approximate surface area is 132 Å². The van der Waals surface area contributed by atoms with E-state index in [4.69, 9.17) is 0 Å². The molecule has 21 heavy (non-hydrogen) atoms. The van der Waals surface area contributed by atoms with Gasteiger partial charge in [0.05, 0.1) is 4.90 Å². The maximum atomic E-state index is 12.8. The Hall–Kier alpha value is -0.470. The first kappa shape index (κ1) is 16.9. The molecule has 1 aromatic rings.